The fraction of sp³-hybridized carbons (Fsp3) is 0.722. The SMILES string of the molecule is O=C(NCC(c1cccs1)N1CCCC1)N1CCCN(CC(F)(F)F)CC1. The summed E-state index contributed by atoms with van der Waals surface area (Å²) in [4.78, 5) is 19.3. The van der Waals surface area contributed by atoms with Gasteiger partial charge in [-0.25, -0.2) is 4.79 Å². The lowest BCUT2D eigenvalue weighted by Crippen LogP contribution is -2.45. The molecule has 0 radical (unpaired) electrons. The number of carbonyl (C=O) groups excluding carboxylic acids is 1. The van der Waals surface area contributed by atoms with Crippen LogP contribution in [0.15, 0.2) is 17.5 Å². The number of likely N-dealkylation sites (tertiary alicyclic amines) is 1. The summed E-state index contributed by atoms with van der Waals surface area (Å²) in [6, 6.07) is 4.12. The third-order valence-electron chi connectivity index (χ3n) is 5.18. The van der Waals surface area contributed by atoms with Crippen LogP contribution in [-0.4, -0.2) is 79.3 Å². The molecule has 1 aromatic heterocycles. The van der Waals surface area contributed by atoms with Crippen LogP contribution in [0.3, 0.4) is 0 Å². The van der Waals surface area contributed by atoms with Gasteiger partial charge in [0.25, 0.3) is 0 Å². The van der Waals surface area contributed by atoms with E-state index in [9.17, 15) is 18.0 Å². The van der Waals surface area contributed by atoms with E-state index < -0.39 is 12.7 Å². The van der Waals surface area contributed by atoms with Crippen LogP contribution in [0, 0.1) is 0 Å². The summed E-state index contributed by atoms with van der Waals surface area (Å²) < 4.78 is 37.7. The fourth-order valence-electron chi connectivity index (χ4n) is 3.83. The second-order valence-electron chi connectivity index (χ2n) is 7.19. The summed E-state index contributed by atoms with van der Waals surface area (Å²) >= 11 is 1.69. The third-order valence-corrected chi connectivity index (χ3v) is 6.15. The first-order chi connectivity index (χ1) is 12.9. The molecule has 0 saturated carbocycles. The first-order valence-corrected chi connectivity index (χ1v) is 10.4. The highest BCUT2D eigenvalue weighted by Crippen LogP contribution is 2.28. The van der Waals surface area contributed by atoms with Crippen molar-refractivity contribution in [2.45, 2.75) is 31.5 Å². The molecular formula is C18H27F3N4OS. The van der Waals surface area contributed by atoms with Crippen molar-refractivity contribution in [1.82, 2.24) is 20.0 Å². The Kier molecular flexibility index (Phi) is 6.99. The van der Waals surface area contributed by atoms with Gasteiger partial charge in [0.05, 0.1) is 12.6 Å². The molecule has 1 unspecified atom stereocenters. The van der Waals surface area contributed by atoms with Crippen LogP contribution >= 0.6 is 11.3 Å². The first-order valence-electron chi connectivity index (χ1n) is 9.52. The summed E-state index contributed by atoms with van der Waals surface area (Å²) in [5, 5.41) is 5.07. The van der Waals surface area contributed by atoms with Gasteiger partial charge in [-0.1, -0.05) is 6.07 Å². The van der Waals surface area contributed by atoms with E-state index in [4.69, 9.17) is 0 Å². The Morgan fingerprint density at radius 1 is 1.11 bits per heavy atom. The van der Waals surface area contributed by atoms with Gasteiger partial charge in [0.2, 0.25) is 0 Å². The highest BCUT2D eigenvalue weighted by Gasteiger charge is 2.32. The molecule has 0 aliphatic carbocycles. The van der Waals surface area contributed by atoms with Crippen molar-refractivity contribution in [3.63, 3.8) is 0 Å². The highest BCUT2D eigenvalue weighted by atomic mass is 32.1. The van der Waals surface area contributed by atoms with E-state index in [1.807, 2.05) is 11.4 Å². The number of nitrogens with one attached hydrogen (secondary N) is 1. The number of nitrogens with zero attached hydrogens (tertiary/aromatic N) is 3. The second kappa shape index (κ2) is 9.25. The molecule has 0 bridgehead atoms. The average Bonchev–Trinajstić information content (AvgIpc) is 3.27. The Morgan fingerprint density at radius 3 is 2.56 bits per heavy atom. The Hall–Kier alpha value is -1.32. The number of halogens is 3. The molecule has 2 amide bonds. The second-order valence-corrected chi connectivity index (χ2v) is 8.17. The average molecular weight is 405 g/mol. The molecule has 5 nitrogen and oxygen atoms in total. The zero-order valence-corrected chi connectivity index (χ0v) is 16.2. The van der Waals surface area contributed by atoms with Gasteiger partial charge in [-0.15, -0.1) is 11.3 Å². The van der Waals surface area contributed by atoms with E-state index in [2.05, 4.69) is 16.3 Å². The number of alkyl halides is 3. The Bertz CT molecular complexity index is 590. The minimum absolute atomic E-state index is 0.171. The van der Waals surface area contributed by atoms with Crippen molar-refractivity contribution in [2.24, 2.45) is 0 Å². The molecule has 27 heavy (non-hydrogen) atoms. The first kappa shape index (κ1) is 20.4. The molecule has 2 aliphatic heterocycles. The van der Waals surface area contributed by atoms with Crippen LogP contribution < -0.4 is 5.32 Å². The molecule has 0 aromatic carbocycles. The van der Waals surface area contributed by atoms with E-state index in [0.717, 1.165) is 13.1 Å². The molecule has 152 valence electrons. The number of hydrogen-bond acceptors (Lipinski definition) is 4. The minimum Gasteiger partial charge on any atom is -0.336 e. The summed E-state index contributed by atoms with van der Waals surface area (Å²) in [5.74, 6) is 0. The lowest BCUT2D eigenvalue weighted by atomic mass is 10.2. The van der Waals surface area contributed by atoms with Crippen molar-refractivity contribution in [2.75, 3.05) is 52.4 Å². The van der Waals surface area contributed by atoms with Gasteiger partial charge in [-0.3, -0.25) is 9.80 Å². The van der Waals surface area contributed by atoms with E-state index in [0.29, 0.717) is 32.6 Å². The number of carbonyl (C=O) groups is 1. The lowest BCUT2D eigenvalue weighted by molar-refractivity contribution is -0.145. The van der Waals surface area contributed by atoms with Crippen LogP contribution in [0.2, 0.25) is 0 Å². The van der Waals surface area contributed by atoms with Gasteiger partial charge < -0.3 is 10.2 Å². The van der Waals surface area contributed by atoms with Gasteiger partial charge >= 0.3 is 12.2 Å². The van der Waals surface area contributed by atoms with Gasteiger partial charge in [0.1, 0.15) is 0 Å². The maximum Gasteiger partial charge on any atom is 0.401 e. The Morgan fingerprint density at radius 2 is 1.89 bits per heavy atom. The summed E-state index contributed by atoms with van der Waals surface area (Å²) in [6.45, 7) is 3.15. The number of rotatable bonds is 5. The van der Waals surface area contributed by atoms with Gasteiger partial charge in [-0.05, 0) is 43.8 Å². The monoisotopic (exact) mass is 404 g/mol. The van der Waals surface area contributed by atoms with Crippen molar-refractivity contribution >= 4 is 17.4 Å². The summed E-state index contributed by atoms with van der Waals surface area (Å²) in [7, 11) is 0. The number of amides is 2. The van der Waals surface area contributed by atoms with Crippen molar-refractivity contribution in [3.05, 3.63) is 22.4 Å². The van der Waals surface area contributed by atoms with Gasteiger partial charge in [0, 0.05) is 37.6 Å². The normalized spacial score (nSPS) is 21.2. The number of hydrogen-bond donors (Lipinski definition) is 1. The summed E-state index contributed by atoms with van der Waals surface area (Å²) in [6.07, 6.45) is -1.28. The number of urea groups is 1. The van der Waals surface area contributed by atoms with Crippen LogP contribution in [0.25, 0.3) is 0 Å². The van der Waals surface area contributed by atoms with E-state index in [-0.39, 0.29) is 18.6 Å². The molecule has 2 aliphatic rings. The maximum atomic E-state index is 12.6. The largest absolute Gasteiger partial charge is 0.401 e. The molecule has 1 atom stereocenters. The zero-order chi connectivity index (χ0) is 19.3. The van der Waals surface area contributed by atoms with Crippen molar-refractivity contribution in [3.8, 4) is 0 Å². The molecule has 1 N–H and O–H groups in total. The molecule has 1 aromatic rings. The summed E-state index contributed by atoms with van der Waals surface area (Å²) in [5.41, 5.74) is 0. The van der Waals surface area contributed by atoms with Crippen molar-refractivity contribution < 1.29 is 18.0 Å². The van der Waals surface area contributed by atoms with Crippen molar-refractivity contribution in [1.29, 1.82) is 0 Å². The zero-order valence-electron chi connectivity index (χ0n) is 15.4. The van der Waals surface area contributed by atoms with E-state index in [1.165, 1.54) is 22.6 Å². The van der Waals surface area contributed by atoms with Crippen LogP contribution in [-0.2, 0) is 0 Å². The van der Waals surface area contributed by atoms with E-state index >= 15 is 0 Å². The standard InChI is InChI=1S/C18H27F3N4OS/c19-18(20,21)14-23-6-4-9-25(11-10-23)17(26)22-13-15(16-5-3-12-27-16)24-7-1-2-8-24/h3,5,12,15H,1-2,4,6-11,13-14H2,(H,22,26). The van der Waals surface area contributed by atoms with Gasteiger partial charge in [0.15, 0.2) is 0 Å². The van der Waals surface area contributed by atoms with Crippen LogP contribution in [0.5, 0.6) is 0 Å². The molecule has 0 spiro atoms. The predicted molar refractivity (Wildman–Crippen MR) is 100.0 cm³/mol. The van der Waals surface area contributed by atoms with Crippen LogP contribution in [0.1, 0.15) is 30.2 Å². The lowest BCUT2D eigenvalue weighted by Gasteiger charge is -2.28. The smallest absolute Gasteiger partial charge is 0.336 e. The molecular weight excluding hydrogens is 377 g/mol. The topological polar surface area (TPSA) is 38.8 Å². The fourth-order valence-corrected chi connectivity index (χ4v) is 4.69. The Labute approximate surface area is 162 Å². The molecule has 3 rings (SSSR count). The minimum atomic E-state index is -4.19. The van der Waals surface area contributed by atoms with E-state index in [1.54, 1.807) is 16.2 Å². The quantitative estimate of drug-likeness (QED) is 0.819. The molecule has 9 heteroatoms. The predicted octanol–water partition coefficient (Wildman–Crippen LogP) is 3.16. The molecule has 2 fully saturated rings. The molecule has 3 heterocycles. The number of thiophene rings is 1. The highest BCUT2D eigenvalue weighted by molar-refractivity contribution is 7.10. The molecule has 2 saturated heterocycles. The third kappa shape index (κ3) is 6.08. The Balaban J connectivity index is 1.51. The maximum absolute atomic E-state index is 12.6. The van der Waals surface area contributed by atoms with Crippen LogP contribution in [0.4, 0.5) is 18.0 Å². The van der Waals surface area contributed by atoms with Gasteiger partial charge in [-0.2, -0.15) is 13.2 Å².